The molecule has 0 aliphatic carbocycles. The fourth-order valence-electron chi connectivity index (χ4n) is 2.43. The van der Waals surface area contributed by atoms with Crippen molar-refractivity contribution in [2.75, 3.05) is 39.4 Å². The molecule has 2 atom stereocenters. The van der Waals surface area contributed by atoms with Crippen molar-refractivity contribution < 1.29 is 9.53 Å². The van der Waals surface area contributed by atoms with Gasteiger partial charge in [-0.05, 0) is 12.0 Å². The van der Waals surface area contributed by atoms with Gasteiger partial charge in [0.1, 0.15) is 0 Å². The second kappa shape index (κ2) is 4.97. The van der Waals surface area contributed by atoms with E-state index < -0.39 is 0 Å². The SMILES string of the molecule is C=CC(=O)N1C[C@@H](C)[C@@H]1CN1CCOCC1. The summed E-state index contributed by atoms with van der Waals surface area (Å²) in [5.41, 5.74) is 0. The van der Waals surface area contributed by atoms with Crippen LogP contribution in [0.2, 0.25) is 0 Å². The maximum Gasteiger partial charge on any atom is 0.246 e. The Morgan fingerprint density at radius 1 is 1.50 bits per heavy atom. The van der Waals surface area contributed by atoms with E-state index in [0.29, 0.717) is 12.0 Å². The molecule has 4 nitrogen and oxygen atoms in total. The van der Waals surface area contributed by atoms with Crippen molar-refractivity contribution >= 4 is 5.91 Å². The Balaban J connectivity index is 1.86. The van der Waals surface area contributed by atoms with Crippen LogP contribution in [-0.2, 0) is 9.53 Å². The number of carbonyl (C=O) groups excluding carboxylic acids is 1. The number of morpholine rings is 1. The van der Waals surface area contributed by atoms with Gasteiger partial charge in [0.2, 0.25) is 5.91 Å². The third-order valence-electron chi connectivity index (χ3n) is 3.55. The summed E-state index contributed by atoms with van der Waals surface area (Å²) >= 11 is 0. The van der Waals surface area contributed by atoms with Gasteiger partial charge in [0.15, 0.2) is 0 Å². The predicted octanol–water partition coefficient (Wildman–Crippen LogP) is 0.352. The van der Waals surface area contributed by atoms with Crippen LogP contribution in [0.3, 0.4) is 0 Å². The van der Waals surface area contributed by atoms with E-state index in [4.69, 9.17) is 4.74 Å². The summed E-state index contributed by atoms with van der Waals surface area (Å²) in [4.78, 5) is 15.9. The maximum atomic E-state index is 11.6. The highest BCUT2D eigenvalue weighted by atomic mass is 16.5. The Kier molecular flexibility index (Phi) is 3.61. The fourth-order valence-corrected chi connectivity index (χ4v) is 2.43. The van der Waals surface area contributed by atoms with E-state index in [1.807, 2.05) is 4.90 Å². The second-order valence-corrected chi connectivity index (χ2v) is 4.65. The molecular formula is C12H20N2O2. The maximum absolute atomic E-state index is 11.6. The van der Waals surface area contributed by atoms with Gasteiger partial charge in [-0.1, -0.05) is 13.5 Å². The minimum absolute atomic E-state index is 0.0661. The molecule has 2 rings (SSSR count). The van der Waals surface area contributed by atoms with Crippen LogP contribution < -0.4 is 0 Å². The molecule has 2 aliphatic rings. The lowest BCUT2D eigenvalue weighted by Crippen LogP contribution is -2.62. The van der Waals surface area contributed by atoms with Crippen molar-refractivity contribution in [3.8, 4) is 0 Å². The van der Waals surface area contributed by atoms with Crippen LogP contribution in [0.25, 0.3) is 0 Å². The molecule has 0 spiro atoms. The zero-order valence-electron chi connectivity index (χ0n) is 9.89. The van der Waals surface area contributed by atoms with Crippen molar-refractivity contribution in [1.29, 1.82) is 0 Å². The molecule has 0 aromatic carbocycles. The molecule has 2 fully saturated rings. The average Bonchev–Trinajstić information content (AvgIpc) is 2.33. The zero-order valence-corrected chi connectivity index (χ0v) is 9.89. The predicted molar refractivity (Wildman–Crippen MR) is 62.1 cm³/mol. The summed E-state index contributed by atoms with van der Waals surface area (Å²) < 4.78 is 5.32. The monoisotopic (exact) mass is 224 g/mol. The first-order valence-corrected chi connectivity index (χ1v) is 5.95. The van der Waals surface area contributed by atoms with Gasteiger partial charge in [-0.2, -0.15) is 0 Å². The van der Waals surface area contributed by atoms with Gasteiger partial charge in [-0.25, -0.2) is 0 Å². The van der Waals surface area contributed by atoms with Crippen molar-refractivity contribution in [2.45, 2.75) is 13.0 Å². The van der Waals surface area contributed by atoms with Gasteiger partial charge < -0.3 is 9.64 Å². The summed E-state index contributed by atoms with van der Waals surface area (Å²) in [5.74, 6) is 0.670. The first-order chi connectivity index (χ1) is 7.72. The van der Waals surface area contributed by atoms with E-state index in [1.54, 1.807) is 0 Å². The summed E-state index contributed by atoms with van der Waals surface area (Å²) in [7, 11) is 0. The van der Waals surface area contributed by atoms with Crippen molar-refractivity contribution in [3.05, 3.63) is 12.7 Å². The zero-order chi connectivity index (χ0) is 11.5. The molecular weight excluding hydrogens is 204 g/mol. The minimum atomic E-state index is 0.0661. The number of hydrogen-bond acceptors (Lipinski definition) is 3. The Morgan fingerprint density at radius 3 is 2.75 bits per heavy atom. The molecule has 0 radical (unpaired) electrons. The van der Waals surface area contributed by atoms with E-state index in [-0.39, 0.29) is 5.91 Å². The molecule has 1 amide bonds. The smallest absolute Gasteiger partial charge is 0.246 e. The lowest BCUT2D eigenvalue weighted by atomic mass is 9.89. The highest BCUT2D eigenvalue weighted by Gasteiger charge is 2.38. The highest BCUT2D eigenvalue weighted by molar-refractivity contribution is 5.88. The highest BCUT2D eigenvalue weighted by Crippen LogP contribution is 2.25. The molecule has 2 aliphatic heterocycles. The van der Waals surface area contributed by atoms with Gasteiger partial charge >= 0.3 is 0 Å². The van der Waals surface area contributed by atoms with Gasteiger partial charge in [0.25, 0.3) is 0 Å². The number of carbonyl (C=O) groups is 1. The molecule has 16 heavy (non-hydrogen) atoms. The van der Waals surface area contributed by atoms with Crippen molar-refractivity contribution in [3.63, 3.8) is 0 Å². The Labute approximate surface area is 96.8 Å². The van der Waals surface area contributed by atoms with Crippen LogP contribution in [0.5, 0.6) is 0 Å². The first-order valence-electron chi connectivity index (χ1n) is 5.95. The molecule has 0 unspecified atom stereocenters. The molecule has 2 saturated heterocycles. The standard InChI is InChI=1S/C12H20N2O2/c1-3-12(15)14-8-10(2)11(14)9-13-4-6-16-7-5-13/h3,10-11H,1,4-9H2,2H3/t10-,11+/m1/s1. The third kappa shape index (κ3) is 2.28. The molecule has 90 valence electrons. The molecule has 2 heterocycles. The average molecular weight is 224 g/mol. The topological polar surface area (TPSA) is 32.8 Å². The number of rotatable bonds is 3. The number of likely N-dealkylation sites (tertiary alicyclic amines) is 1. The Morgan fingerprint density at radius 2 is 2.19 bits per heavy atom. The largest absolute Gasteiger partial charge is 0.379 e. The number of nitrogens with zero attached hydrogens (tertiary/aromatic N) is 2. The fraction of sp³-hybridized carbons (Fsp3) is 0.750. The van der Waals surface area contributed by atoms with Crippen LogP contribution in [0.15, 0.2) is 12.7 Å². The molecule has 0 aromatic rings. The van der Waals surface area contributed by atoms with Crippen molar-refractivity contribution in [2.24, 2.45) is 5.92 Å². The Hall–Kier alpha value is -0.870. The molecule has 0 saturated carbocycles. The number of ether oxygens (including phenoxy) is 1. The molecule has 4 heteroatoms. The molecule has 0 aromatic heterocycles. The van der Waals surface area contributed by atoms with Crippen molar-refractivity contribution in [1.82, 2.24) is 9.80 Å². The lowest BCUT2D eigenvalue weighted by molar-refractivity contribution is -0.139. The van der Waals surface area contributed by atoms with Crippen LogP contribution in [-0.4, -0.2) is 61.1 Å². The van der Waals surface area contributed by atoms with Gasteiger partial charge in [0, 0.05) is 32.2 Å². The quantitative estimate of drug-likeness (QED) is 0.649. The van der Waals surface area contributed by atoms with Gasteiger partial charge in [-0.3, -0.25) is 9.69 Å². The van der Waals surface area contributed by atoms with E-state index in [0.717, 1.165) is 39.4 Å². The first kappa shape index (κ1) is 11.6. The van der Waals surface area contributed by atoms with E-state index in [9.17, 15) is 4.79 Å². The summed E-state index contributed by atoms with van der Waals surface area (Å²) in [5, 5.41) is 0. The summed E-state index contributed by atoms with van der Waals surface area (Å²) in [6.07, 6.45) is 1.41. The molecule has 0 N–H and O–H groups in total. The molecule has 0 bridgehead atoms. The van der Waals surface area contributed by atoms with E-state index >= 15 is 0 Å². The Bertz CT molecular complexity index is 274. The number of hydrogen-bond donors (Lipinski definition) is 0. The summed E-state index contributed by atoms with van der Waals surface area (Å²) in [6, 6.07) is 0.364. The minimum Gasteiger partial charge on any atom is -0.379 e. The second-order valence-electron chi connectivity index (χ2n) is 4.65. The van der Waals surface area contributed by atoms with Crippen LogP contribution in [0.4, 0.5) is 0 Å². The summed E-state index contributed by atoms with van der Waals surface area (Å²) in [6.45, 7) is 11.2. The van der Waals surface area contributed by atoms with Gasteiger partial charge in [0.05, 0.1) is 13.2 Å². The third-order valence-corrected chi connectivity index (χ3v) is 3.55. The lowest BCUT2D eigenvalue weighted by Gasteiger charge is -2.48. The van der Waals surface area contributed by atoms with Gasteiger partial charge in [-0.15, -0.1) is 0 Å². The van der Waals surface area contributed by atoms with E-state index in [2.05, 4.69) is 18.4 Å². The van der Waals surface area contributed by atoms with Crippen LogP contribution in [0, 0.1) is 5.92 Å². The van der Waals surface area contributed by atoms with E-state index in [1.165, 1.54) is 6.08 Å². The van der Waals surface area contributed by atoms with Crippen LogP contribution >= 0.6 is 0 Å². The number of amides is 1. The van der Waals surface area contributed by atoms with Crippen LogP contribution in [0.1, 0.15) is 6.92 Å². The normalized spacial score (nSPS) is 30.9.